The smallest absolute Gasteiger partial charge is 0.246 e. The van der Waals surface area contributed by atoms with Crippen LogP contribution in [-0.2, 0) is 4.79 Å². The van der Waals surface area contributed by atoms with E-state index in [1.807, 2.05) is 11.4 Å². The molecule has 0 saturated carbocycles. The molecule has 0 bridgehead atoms. The van der Waals surface area contributed by atoms with Crippen LogP contribution in [0.15, 0.2) is 40.2 Å². The molecule has 6 heteroatoms. The molecule has 0 aliphatic carbocycles. The lowest BCUT2D eigenvalue weighted by Gasteiger charge is -2.12. The zero-order valence-corrected chi connectivity index (χ0v) is 11.7. The van der Waals surface area contributed by atoms with Crippen molar-refractivity contribution in [3.63, 3.8) is 0 Å². The second-order valence-electron chi connectivity index (χ2n) is 3.64. The van der Waals surface area contributed by atoms with Gasteiger partial charge in [0.15, 0.2) is 0 Å². The van der Waals surface area contributed by atoms with E-state index in [1.54, 1.807) is 18.2 Å². The van der Waals surface area contributed by atoms with E-state index in [-0.39, 0.29) is 11.7 Å². The molecule has 0 spiro atoms. The van der Waals surface area contributed by atoms with Crippen molar-refractivity contribution < 1.29 is 9.90 Å². The minimum Gasteiger partial charge on any atom is -0.506 e. The van der Waals surface area contributed by atoms with E-state index in [2.05, 4.69) is 21.2 Å². The van der Waals surface area contributed by atoms with Gasteiger partial charge in [-0.3, -0.25) is 4.79 Å². The number of hydrogen-bond donors (Lipinski definition) is 3. The molecule has 1 heterocycles. The molecule has 2 rings (SSSR count). The van der Waals surface area contributed by atoms with Crippen molar-refractivity contribution in [1.29, 1.82) is 0 Å². The first-order valence-corrected chi connectivity index (χ1v) is 6.83. The highest BCUT2D eigenvalue weighted by atomic mass is 79.9. The SMILES string of the molecule is NC(C(=O)Nc1cc(Br)ccc1O)c1cccs1. The fraction of sp³-hybridized carbons (Fsp3) is 0.0833. The number of thiophene rings is 1. The van der Waals surface area contributed by atoms with E-state index in [9.17, 15) is 9.90 Å². The van der Waals surface area contributed by atoms with Crippen LogP contribution in [0.4, 0.5) is 5.69 Å². The van der Waals surface area contributed by atoms with Gasteiger partial charge in [-0.15, -0.1) is 11.3 Å². The van der Waals surface area contributed by atoms with E-state index in [0.29, 0.717) is 5.69 Å². The molecular formula is C12H11BrN2O2S. The number of aromatic hydroxyl groups is 1. The van der Waals surface area contributed by atoms with Crippen molar-refractivity contribution in [2.24, 2.45) is 5.73 Å². The molecule has 4 N–H and O–H groups in total. The van der Waals surface area contributed by atoms with Crippen molar-refractivity contribution in [2.45, 2.75) is 6.04 Å². The molecule has 1 aromatic carbocycles. The van der Waals surface area contributed by atoms with Crippen LogP contribution < -0.4 is 11.1 Å². The molecule has 2 aromatic rings. The standard InChI is InChI=1S/C12H11BrN2O2S/c13-7-3-4-9(16)8(6-7)15-12(17)11(14)10-2-1-5-18-10/h1-6,11,16H,14H2,(H,15,17). The minimum absolute atomic E-state index is 0.00456. The molecule has 1 unspecified atom stereocenters. The molecule has 4 nitrogen and oxygen atoms in total. The predicted octanol–water partition coefficient (Wildman–Crippen LogP) is 2.85. The molecule has 1 aromatic heterocycles. The van der Waals surface area contributed by atoms with Crippen LogP contribution in [0.3, 0.4) is 0 Å². The van der Waals surface area contributed by atoms with Gasteiger partial charge < -0.3 is 16.2 Å². The summed E-state index contributed by atoms with van der Waals surface area (Å²) in [6.07, 6.45) is 0. The minimum atomic E-state index is -0.733. The number of hydrogen-bond acceptors (Lipinski definition) is 4. The van der Waals surface area contributed by atoms with Crippen molar-refractivity contribution in [3.8, 4) is 5.75 Å². The maximum absolute atomic E-state index is 11.9. The summed E-state index contributed by atoms with van der Waals surface area (Å²) in [7, 11) is 0. The Bertz CT molecular complexity index is 557. The van der Waals surface area contributed by atoms with Crippen LogP contribution in [0, 0.1) is 0 Å². The number of halogens is 1. The van der Waals surface area contributed by atoms with Gasteiger partial charge in [0, 0.05) is 9.35 Å². The Balaban J connectivity index is 2.14. The zero-order chi connectivity index (χ0) is 13.1. The Hall–Kier alpha value is -1.37. The lowest BCUT2D eigenvalue weighted by atomic mass is 10.2. The zero-order valence-electron chi connectivity index (χ0n) is 9.26. The van der Waals surface area contributed by atoms with Gasteiger partial charge in [-0.1, -0.05) is 22.0 Å². The molecule has 0 saturated heterocycles. The second-order valence-corrected chi connectivity index (χ2v) is 5.54. The summed E-state index contributed by atoms with van der Waals surface area (Å²) >= 11 is 4.69. The molecule has 0 fully saturated rings. The van der Waals surface area contributed by atoms with Gasteiger partial charge in [-0.25, -0.2) is 0 Å². The van der Waals surface area contributed by atoms with Crippen molar-refractivity contribution >= 4 is 38.9 Å². The highest BCUT2D eigenvalue weighted by molar-refractivity contribution is 9.10. The van der Waals surface area contributed by atoms with E-state index in [4.69, 9.17) is 5.73 Å². The average molecular weight is 327 g/mol. The Morgan fingerprint density at radius 1 is 1.44 bits per heavy atom. The number of benzene rings is 1. The van der Waals surface area contributed by atoms with E-state index in [1.165, 1.54) is 17.4 Å². The van der Waals surface area contributed by atoms with Gasteiger partial charge in [0.05, 0.1) is 5.69 Å². The molecule has 1 atom stereocenters. The van der Waals surface area contributed by atoms with Gasteiger partial charge in [-0.05, 0) is 29.6 Å². The molecule has 0 aliphatic rings. The highest BCUT2D eigenvalue weighted by Crippen LogP contribution is 2.28. The Morgan fingerprint density at radius 3 is 2.89 bits per heavy atom. The van der Waals surface area contributed by atoms with E-state index < -0.39 is 6.04 Å². The first-order chi connectivity index (χ1) is 8.58. The summed E-state index contributed by atoms with van der Waals surface area (Å²) in [6, 6.07) is 7.71. The second kappa shape index (κ2) is 5.51. The quantitative estimate of drug-likeness (QED) is 0.759. The largest absolute Gasteiger partial charge is 0.506 e. The van der Waals surface area contributed by atoms with Gasteiger partial charge >= 0.3 is 0 Å². The van der Waals surface area contributed by atoms with Crippen molar-refractivity contribution in [2.75, 3.05) is 5.32 Å². The number of carbonyl (C=O) groups excluding carboxylic acids is 1. The summed E-state index contributed by atoms with van der Waals surface area (Å²) in [5.74, 6) is -0.351. The van der Waals surface area contributed by atoms with Crippen LogP contribution in [0.1, 0.15) is 10.9 Å². The molecule has 1 amide bonds. The summed E-state index contributed by atoms with van der Waals surface area (Å²) in [5.41, 5.74) is 6.16. The number of carbonyl (C=O) groups is 1. The molecule has 18 heavy (non-hydrogen) atoms. The van der Waals surface area contributed by atoms with Crippen molar-refractivity contribution in [1.82, 2.24) is 0 Å². The summed E-state index contributed by atoms with van der Waals surface area (Å²) in [6.45, 7) is 0. The number of nitrogens with two attached hydrogens (primary N) is 1. The highest BCUT2D eigenvalue weighted by Gasteiger charge is 2.17. The number of nitrogens with one attached hydrogen (secondary N) is 1. The number of anilines is 1. The van der Waals surface area contributed by atoms with Crippen LogP contribution >= 0.6 is 27.3 Å². The molecule has 0 radical (unpaired) electrons. The monoisotopic (exact) mass is 326 g/mol. The summed E-state index contributed by atoms with van der Waals surface area (Å²) in [4.78, 5) is 12.7. The van der Waals surface area contributed by atoms with Crippen LogP contribution in [-0.4, -0.2) is 11.0 Å². The fourth-order valence-corrected chi connectivity index (χ4v) is 2.50. The third kappa shape index (κ3) is 2.90. The van der Waals surface area contributed by atoms with Crippen LogP contribution in [0.5, 0.6) is 5.75 Å². The van der Waals surface area contributed by atoms with Gasteiger partial charge in [0.1, 0.15) is 11.8 Å². The Morgan fingerprint density at radius 2 is 2.22 bits per heavy atom. The average Bonchev–Trinajstić information content (AvgIpc) is 2.86. The van der Waals surface area contributed by atoms with Crippen LogP contribution in [0.2, 0.25) is 0 Å². The maximum atomic E-state index is 11.9. The normalized spacial score (nSPS) is 12.1. The third-order valence-electron chi connectivity index (χ3n) is 2.35. The van der Waals surface area contributed by atoms with E-state index in [0.717, 1.165) is 9.35 Å². The Labute approximate surface area is 117 Å². The topological polar surface area (TPSA) is 75.4 Å². The Kier molecular flexibility index (Phi) is 4.00. The number of phenols is 1. The molecular weight excluding hydrogens is 316 g/mol. The number of rotatable bonds is 3. The maximum Gasteiger partial charge on any atom is 0.246 e. The van der Waals surface area contributed by atoms with Gasteiger partial charge in [0.2, 0.25) is 5.91 Å². The first-order valence-electron chi connectivity index (χ1n) is 5.16. The first kappa shape index (κ1) is 13.1. The molecule has 94 valence electrons. The van der Waals surface area contributed by atoms with Gasteiger partial charge in [0.25, 0.3) is 0 Å². The fourth-order valence-electron chi connectivity index (χ4n) is 1.42. The number of phenolic OH excluding ortho intramolecular Hbond substituents is 1. The molecule has 0 aliphatic heterocycles. The lowest BCUT2D eigenvalue weighted by molar-refractivity contribution is -0.117. The van der Waals surface area contributed by atoms with Crippen LogP contribution in [0.25, 0.3) is 0 Å². The third-order valence-corrected chi connectivity index (χ3v) is 3.80. The van der Waals surface area contributed by atoms with Crippen molar-refractivity contribution in [3.05, 3.63) is 45.1 Å². The van der Waals surface area contributed by atoms with E-state index >= 15 is 0 Å². The summed E-state index contributed by atoms with van der Waals surface area (Å²) in [5, 5.41) is 14.1. The predicted molar refractivity (Wildman–Crippen MR) is 75.7 cm³/mol. The number of amides is 1. The van der Waals surface area contributed by atoms with Gasteiger partial charge in [-0.2, -0.15) is 0 Å². The lowest BCUT2D eigenvalue weighted by Crippen LogP contribution is -2.27. The summed E-state index contributed by atoms with van der Waals surface area (Å²) < 4.78 is 0.764.